The molecule has 3 aromatic carbocycles. The fourth-order valence-electron chi connectivity index (χ4n) is 2.91. The Kier molecular flexibility index (Phi) is 6.46. The fourth-order valence-corrected chi connectivity index (χ4v) is 3.04. The Labute approximate surface area is 163 Å². The second kappa shape index (κ2) is 9.21. The smallest absolute Gasteiger partial charge is 0.127 e. The number of nitrogens with zero attached hydrogens (tertiary/aromatic N) is 1. The van der Waals surface area contributed by atoms with Crippen LogP contribution in [0.3, 0.4) is 0 Å². The van der Waals surface area contributed by atoms with Crippen molar-refractivity contribution in [2.24, 2.45) is 0 Å². The molecule has 1 unspecified atom stereocenters. The Morgan fingerprint density at radius 3 is 2.41 bits per heavy atom. The van der Waals surface area contributed by atoms with Crippen molar-refractivity contribution in [2.45, 2.75) is 25.2 Å². The summed E-state index contributed by atoms with van der Waals surface area (Å²) in [6, 6.07) is 23.6. The maximum atomic E-state index is 13.0. The monoisotopic (exact) mass is 379 g/mol. The molecule has 0 aromatic heterocycles. The molecule has 0 aliphatic carbocycles. The zero-order valence-electron chi connectivity index (χ0n) is 14.7. The molecule has 27 heavy (non-hydrogen) atoms. The average Bonchev–Trinajstić information content (AvgIpc) is 2.68. The molecule has 3 rings (SSSR count). The Morgan fingerprint density at radius 2 is 1.70 bits per heavy atom. The van der Waals surface area contributed by atoms with Crippen molar-refractivity contribution in [1.82, 2.24) is 0 Å². The third-order valence-corrected chi connectivity index (χ3v) is 4.59. The van der Waals surface area contributed by atoms with Gasteiger partial charge in [-0.15, -0.1) is 0 Å². The minimum Gasteiger partial charge on any atom is -0.457 e. The Morgan fingerprint density at radius 1 is 0.963 bits per heavy atom. The highest BCUT2D eigenvalue weighted by molar-refractivity contribution is 6.30. The predicted molar refractivity (Wildman–Crippen MR) is 106 cm³/mol. The van der Waals surface area contributed by atoms with Crippen LogP contribution in [-0.2, 0) is 6.42 Å². The van der Waals surface area contributed by atoms with E-state index in [9.17, 15) is 9.65 Å². The summed E-state index contributed by atoms with van der Waals surface area (Å²) >= 11 is 5.91. The zero-order chi connectivity index (χ0) is 19.1. The van der Waals surface area contributed by atoms with E-state index in [0.29, 0.717) is 16.5 Å². The van der Waals surface area contributed by atoms with Gasteiger partial charge in [0.2, 0.25) is 0 Å². The van der Waals surface area contributed by atoms with Gasteiger partial charge in [-0.05, 0) is 78.9 Å². The Balaban J connectivity index is 1.57. The van der Waals surface area contributed by atoms with Crippen LogP contribution in [0, 0.1) is 17.1 Å². The van der Waals surface area contributed by atoms with Gasteiger partial charge in [-0.3, -0.25) is 0 Å². The highest BCUT2D eigenvalue weighted by Gasteiger charge is 2.10. The van der Waals surface area contributed by atoms with Crippen molar-refractivity contribution in [3.8, 4) is 17.6 Å². The fraction of sp³-hybridized carbons (Fsp3) is 0.174. The molecule has 136 valence electrons. The molecule has 0 heterocycles. The van der Waals surface area contributed by atoms with Crippen LogP contribution in [-0.4, -0.2) is 0 Å². The van der Waals surface area contributed by atoms with E-state index in [-0.39, 0.29) is 11.7 Å². The minimum atomic E-state index is -0.288. The third kappa shape index (κ3) is 5.57. The van der Waals surface area contributed by atoms with E-state index in [0.717, 1.165) is 30.4 Å². The Hall–Kier alpha value is -2.83. The third-order valence-electron chi connectivity index (χ3n) is 4.33. The topological polar surface area (TPSA) is 33.0 Å². The second-order valence-corrected chi connectivity index (χ2v) is 6.77. The lowest BCUT2D eigenvalue weighted by atomic mass is 9.94. The van der Waals surface area contributed by atoms with Crippen molar-refractivity contribution in [1.29, 1.82) is 5.26 Å². The average molecular weight is 380 g/mol. The van der Waals surface area contributed by atoms with E-state index in [2.05, 4.69) is 6.07 Å². The van der Waals surface area contributed by atoms with Crippen LogP contribution in [0.25, 0.3) is 0 Å². The van der Waals surface area contributed by atoms with Gasteiger partial charge in [0.25, 0.3) is 0 Å². The first-order chi connectivity index (χ1) is 13.1. The number of nitriles is 1. The molecule has 0 fully saturated rings. The molecule has 0 bridgehead atoms. The molecule has 0 aliphatic rings. The van der Waals surface area contributed by atoms with Crippen molar-refractivity contribution in [2.75, 3.05) is 0 Å². The number of halogens is 2. The molecular formula is C23H19ClFNO. The van der Waals surface area contributed by atoms with Gasteiger partial charge in [-0.25, -0.2) is 4.39 Å². The van der Waals surface area contributed by atoms with Crippen LogP contribution in [0.1, 0.15) is 29.9 Å². The first kappa shape index (κ1) is 18.9. The van der Waals surface area contributed by atoms with Gasteiger partial charge in [0.1, 0.15) is 17.3 Å². The molecule has 2 nitrogen and oxygen atoms in total. The number of benzene rings is 3. The van der Waals surface area contributed by atoms with Gasteiger partial charge in [0.05, 0.1) is 12.0 Å². The van der Waals surface area contributed by atoms with Gasteiger partial charge < -0.3 is 4.74 Å². The van der Waals surface area contributed by atoms with E-state index in [1.807, 2.05) is 48.5 Å². The van der Waals surface area contributed by atoms with Gasteiger partial charge >= 0.3 is 0 Å². The maximum Gasteiger partial charge on any atom is 0.127 e. The van der Waals surface area contributed by atoms with Gasteiger partial charge in [0.15, 0.2) is 0 Å². The molecule has 0 amide bonds. The lowest BCUT2D eigenvalue weighted by Crippen LogP contribution is -1.97. The summed E-state index contributed by atoms with van der Waals surface area (Å²) in [5.74, 6) is 0.888. The van der Waals surface area contributed by atoms with Crippen LogP contribution in [0.2, 0.25) is 5.02 Å². The molecule has 4 heteroatoms. The SMILES string of the molecule is N#CC(CCCc1cccc(Oc2ccc(F)cc2)c1)c1ccc(Cl)cc1. The van der Waals surface area contributed by atoms with Gasteiger partial charge in [-0.2, -0.15) is 5.26 Å². The normalized spacial score (nSPS) is 11.6. The molecule has 0 N–H and O–H groups in total. The number of hydrogen-bond acceptors (Lipinski definition) is 2. The van der Waals surface area contributed by atoms with Crippen molar-refractivity contribution < 1.29 is 9.13 Å². The van der Waals surface area contributed by atoms with Crippen molar-refractivity contribution in [3.05, 3.63) is 94.8 Å². The van der Waals surface area contributed by atoms with Crippen molar-refractivity contribution in [3.63, 3.8) is 0 Å². The lowest BCUT2D eigenvalue weighted by Gasteiger charge is -2.10. The maximum absolute atomic E-state index is 13.0. The summed E-state index contributed by atoms with van der Waals surface area (Å²) < 4.78 is 18.8. The molecule has 0 saturated heterocycles. The highest BCUT2D eigenvalue weighted by atomic mass is 35.5. The molecule has 0 spiro atoms. The number of hydrogen-bond donors (Lipinski definition) is 0. The summed E-state index contributed by atoms with van der Waals surface area (Å²) in [6.07, 6.45) is 2.52. The zero-order valence-corrected chi connectivity index (χ0v) is 15.5. The molecule has 0 aliphatic heterocycles. The van der Waals surface area contributed by atoms with Gasteiger partial charge in [0, 0.05) is 5.02 Å². The number of rotatable bonds is 7. The summed E-state index contributed by atoms with van der Waals surface area (Å²) in [6.45, 7) is 0. The van der Waals surface area contributed by atoms with Crippen LogP contribution in [0.5, 0.6) is 11.5 Å². The Bertz CT molecular complexity index is 916. The van der Waals surface area contributed by atoms with E-state index < -0.39 is 0 Å². The minimum absolute atomic E-state index is 0.138. The largest absolute Gasteiger partial charge is 0.457 e. The van der Waals surface area contributed by atoms with E-state index >= 15 is 0 Å². The molecule has 1 atom stereocenters. The lowest BCUT2D eigenvalue weighted by molar-refractivity contribution is 0.479. The quantitative estimate of drug-likeness (QED) is 0.447. The molecule has 0 saturated carbocycles. The van der Waals surface area contributed by atoms with Crippen LogP contribution in [0.4, 0.5) is 4.39 Å². The summed E-state index contributed by atoms with van der Waals surface area (Å²) in [5, 5.41) is 10.1. The number of ether oxygens (including phenoxy) is 1. The van der Waals surface area contributed by atoms with Crippen molar-refractivity contribution >= 4 is 11.6 Å². The summed E-state index contributed by atoms with van der Waals surface area (Å²) in [7, 11) is 0. The second-order valence-electron chi connectivity index (χ2n) is 6.33. The van der Waals surface area contributed by atoms with E-state index in [1.165, 1.54) is 12.1 Å². The van der Waals surface area contributed by atoms with E-state index in [4.69, 9.17) is 16.3 Å². The van der Waals surface area contributed by atoms with Crippen LogP contribution in [0.15, 0.2) is 72.8 Å². The van der Waals surface area contributed by atoms with Gasteiger partial charge in [-0.1, -0.05) is 35.9 Å². The van der Waals surface area contributed by atoms with Crippen LogP contribution >= 0.6 is 11.6 Å². The first-order valence-electron chi connectivity index (χ1n) is 8.81. The van der Waals surface area contributed by atoms with Crippen LogP contribution < -0.4 is 4.74 Å². The highest BCUT2D eigenvalue weighted by Crippen LogP contribution is 2.25. The molecular weight excluding hydrogens is 361 g/mol. The number of aryl methyl sites for hydroxylation is 1. The van der Waals surface area contributed by atoms with E-state index in [1.54, 1.807) is 12.1 Å². The molecule has 3 aromatic rings. The summed E-state index contributed by atoms with van der Waals surface area (Å²) in [4.78, 5) is 0. The standard InChI is InChI=1S/C23H19ClFNO/c24-20-9-7-18(8-10-20)19(16-26)5-1-3-17-4-2-6-23(15-17)27-22-13-11-21(25)12-14-22/h2,4,6-15,19H,1,3,5H2. The predicted octanol–water partition coefficient (Wildman–Crippen LogP) is 6.90. The summed E-state index contributed by atoms with van der Waals surface area (Å²) in [5.41, 5.74) is 2.14. The molecule has 0 radical (unpaired) electrons. The first-order valence-corrected chi connectivity index (χ1v) is 9.19.